The largest absolute Gasteiger partial charge is 0.490 e. The van der Waals surface area contributed by atoms with Crippen LogP contribution in [0.3, 0.4) is 0 Å². The van der Waals surface area contributed by atoms with Crippen LogP contribution in [0.25, 0.3) is 0 Å². The van der Waals surface area contributed by atoms with Crippen molar-refractivity contribution in [2.45, 2.75) is 13.5 Å². The Kier molecular flexibility index (Phi) is 8.09. The van der Waals surface area contributed by atoms with Gasteiger partial charge in [0.15, 0.2) is 11.5 Å². The molecule has 0 N–H and O–H groups in total. The smallest absolute Gasteiger partial charge is 0.175 e. The highest BCUT2D eigenvalue weighted by atomic mass is 79.9. The lowest BCUT2D eigenvalue weighted by Gasteiger charge is -2.36. The summed E-state index contributed by atoms with van der Waals surface area (Å²) in [6.45, 7) is 11.5. The highest BCUT2D eigenvalue weighted by Gasteiger charge is 2.22. The van der Waals surface area contributed by atoms with Crippen molar-refractivity contribution in [3.63, 3.8) is 0 Å². The van der Waals surface area contributed by atoms with Crippen molar-refractivity contribution in [2.24, 2.45) is 0 Å². The van der Waals surface area contributed by atoms with Crippen LogP contribution in [0.1, 0.15) is 18.1 Å². The van der Waals surface area contributed by atoms with E-state index in [0.29, 0.717) is 24.7 Å². The Hall–Kier alpha value is -1.89. The Morgan fingerprint density at radius 1 is 1.14 bits per heavy atom. The van der Waals surface area contributed by atoms with Crippen molar-refractivity contribution in [1.29, 1.82) is 0 Å². The monoisotopic (exact) mass is 474 g/mol. The second-order valence-electron chi connectivity index (χ2n) is 6.87. The van der Waals surface area contributed by atoms with Gasteiger partial charge in [0.2, 0.25) is 0 Å². The van der Waals surface area contributed by atoms with Gasteiger partial charge in [-0.05, 0) is 40.5 Å². The number of thiocarbonyl (C=S) groups is 1. The molecule has 154 valence electrons. The molecule has 3 rings (SSSR count). The van der Waals surface area contributed by atoms with Crippen LogP contribution in [0.2, 0.25) is 0 Å². The zero-order valence-electron chi connectivity index (χ0n) is 16.8. The molecule has 0 aliphatic carbocycles. The second kappa shape index (κ2) is 10.8. The summed E-state index contributed by atoms with van der Waals surface area (Å²) in [5.41, 5.74) is 2.32. The number of benzene rings is 2. The fourth-order valence-electron chi connectivity index (χ4n) is 3.37. The molecular formula is C23H27BrN2O2S. The van der Waals surface area contributed by atoms with Crippen molar-refractivity contribution >= 4 is 33.1 Å². The maximum atomic E-state index is 5.82. The maximum absolute atomic E-state index is 5.82. The van der Waals surface area contributed by atoms with E-state index in [4.69, 9.17) is 21.7 Å². The third-order valence-corrected chi connectivity index (χ3v) is 5.89. The molecule has 6 heteroatoms. The molecule has 2 aromatic carbocycles. The predicted molar refractivity (Wildman–Crippen MR) is 126 cm³/mol. The summed E-state index contributed by atoms with van der Waals surface area (Å²) in [6.07, 6.45) is 1.72. The normalized spacial score (nSPS) is 14.5. The van der Waals surface area contributed by atoms with Crippen LogP contribution < -0.4 is 9.47 Å². The van der Waals surface area contributed by atoms with Crippen molar-refractivity contribution in [3.8, 4) is 11.5 Å². The minimum Gasteiger partial charge on any atom is -0.490 e. The van der Waals surface area contributed by atoms with Gasteiger partial charge in [-0.15, -0.1) is 0 Å². The van der Waals surface area contributed by atoms with Crippen LogP contribution in [0.15, 0.2) is 59.6 Å². The van der Waals surface area contributed by atoms with Crippen LogP contribution in [0.4, 0.5) is 0 Å². The number of nitrogens with zero attached hydrogens (tertiary/aromatic N) is 2. The second-order valence-corrected chi connectivity index (χ2v) is 8.11. The highest BCUT2D eigenvalue weighted by Crippen LogP contribution is 2.37. The van der Waals surface area contributed by atoms with Crippen LogP contribution in [0.5, 0.6) is 11.5 Å². The quantitative estimate of drug-likeness (QED) is 0.399. The van der Waals surface area contributed by atoms with Gasteiger partial charge >= 0.3 is 0 Å². The van der Waals surface area contributed by atoms with Crippen molar-refractivity contribution < 1.29 is 9.47 Å². The molecule has 1 aliphatic heterocycles. The average Bonchev–Trinajstić information content (AvgIpc) is 2.74. The van der Waals surface area contributed by atoms with Gasteiger partial charge < -0.3 is 14.4 Å². The van der Waals surface area contributed by atoms with Crippen LogP contribution >= 0.6 is 28.1 Å². The van der Waals surface area contributed by atoms with E-state index < -0.39 is 0 Å². The summed E-state index contributed by atoms with van der Waals surface area (Å²) >= 11 is 9.43. The molecule has 0 bridgehead atoms. The molecule has 1 fully saturated rings. The van der Waals surface area contributed by atoms with E-state index in [1.165, 1.54) is 5.56 Å². The topological polar surface area (TPSA) is 24.9 Å². The van der Waals surface area contributed by atoms with E-state index in [9.17, 15) is 0 Å². The molecular weight excluding hydrogens is 448 g/mol. The summed E-state index contributed by atoms with van der Waals surface area (Å²) in [4.78, 5) is 5.60. The first-order valence-electron chi connectivity index (χ1n) is 9.88. The molecule has 0 atom stereocenters. The molecule has 1 aliphatic rings. The lowest BCUT2D eigenvalue weighted by atomic mass is 10.1. The van der Waals surface area contributed by atoms with Gasteiger partial charge in [-0.1, -0.05) is 55.2 Å². The Labute approximate surface area is 187 Å². The van der Waals surface area contributed by atoms with Gasteiger partial charge in [-0.2, -0.15) is 0 Å². The van der Waals surface area contributed by atoms with E-state index in [0.717, 1.165) is 47.7 Å². The van der Waals surface area contributed by atoms with Gasteiger partial charge in [0.05, 0.1) is 11.1 Å². The Morgan fingerprint density at radius 3 is 2.52 bits per heavy atom. The number of ether oxygens (including phenoxy) is 2. The number of piperazine rings is 1. The Bertz CT molecular complexity index is 836. The third kappa shape index (κ3) is 5.81. The average molecular weight is 475 g/mol. The van der Waals surface area contributed by atoms with Crippen LogP contribution in [-0.4, -0.2) is 54.2 Å². The van der Waals surface area contributed by atoms with E-state index in [2.05, 4.69) is 62.6 Å². The van der Waals surface area contributed by atoms with Gasteiger partial charge in [0.25, 0.3) is 0 Å². The molecule has 1 heterocycles. The Balaban J connectivity index is 1.66. The van der Waals surface area contributed by atoms with E-state index >= 15 is 0 Å². The summed E-state index contributed by atoms with van der Waals surface area (Å²) in [6, 6.07) is 14.6. The first kappa shape index (κ1) is 21.8. The summed E-state index contributed by atoms with van der Waals surface area (Å²) in [7, 11) is 0. The molecule has 2 aromatic rings. The summed E-state index contributed by atoms with van der Waals surface area (Å²) < 4.78 is 12.4. The molecule has 29 heavy (non-hydrogen) atoms. The number of rotatable bonds is 8. The predicted octanol–water partition coefficient (Wildman–Crippen LogP) is 4.91. The summed E-state index contributed by atoms with van der Waals surface area (Å²) in [5.74, 6) is 1.38. The zero-order valence-corrected chi connectivity index (χ0v) is 19.2. The lowest BCUT2D eigenvalue weighted by Crippen LogP contribution is -2.48. The number of hydrogen-bond donors (Lipinski definition) is 0. The molecule has 1 saturated heterocycles. The molecule has 0 spiro atoms. The molecule has 0 aromatic heterocycles. The third-order valence-electron chi connectivity index (χ3n) is 4.81. The van der Waals surface area contributed by atoms with Gasteiger partial charge in [-0.3, -0.25) is 4.90 Å². The molecule has 0 radical (unpaired) electrons. The van der Waals surface area contributed by atoms with Crippen molar-refractivity contribution in [3.05, 3.63) is 70.7 Å². The van der Waals surface area contributed by atoms with E-state index in [-0.39, 0.29) is 0 Å². The standard InChI is InChI=1S/C23H27BrN2O2S/c1-3-14-28-22-20(24)15-19(16-21(22)27-4-2)23(29)26-12-10-25(11-13-26)17-18-8-6-5-7-9-18/h3,5-9,15-16H,1,4,10-14,17H2,2H3. The molecule has 0 unspecified atom stereocenters. The summed E-state index contributed by atoms with van der Waals surface area (Å²) in [5, 5.41) is 0. The van der Waals surface area contributed by atoms with Crippen molar-refractivity contribution in [1.82, 2.24) is 9.80 Å². The number of hydrogen-bond acceptors (Lipinski definition) is 4. The van der Waals surface area contributed by atoms with Gasteiger partial charge in [-0.25, -0.2) is 0 Å². The lowest BCUT2D eigenvalue weighted by molar-refractivity contribution is 0.177. The molecule has 0 saturated carbocycles. The van der Waals surface area contributed by atoms with Crippen molar-refractivity contribution in [2.75, 3.05) is 39.4 Å². The SMILES string of the molecule is C=CCOc1c(Br)cc(C(=S)N2CCN(Cc3ccccc3)CC2)cc1OCC. The molecule has 0 amide bonds. The van der Waals surface area contributed by atoms with Crippen LogP contribution in [-0.2, 0) is 6.54 Å². The minimum atomic E-state index is 0.422. The van der Waals surface area contributed by atoms with Gasteiger partial charge in [0, 0.05) is 38.3 Å². The Morgan fingerprint density at radius 2 is 1.86 bits per heavy atom. The highest BCUT2D eigenvalue weighted by molar-refractivity contribution is 9.10. The maximum Gasteiger partial charge on any atom is 0.175 e. The fraction of sp³-hybridized carbons (Fsp3) is 0.348. The number of halogens is 1. The van der Waals surface area contributed by atoms with E-state index in [1.54, 1.807) is 6.08 Å². The molecule has 4 nitrogen and oxygen atoms in total. The first-order chi connectivity index (χ1) is 14.1. The zero-order chi connectivity index (χ0) is 20.6. The fourth-order valence-corrected chi connectivity index (χ4v) is 4.23. The minimum absolute atomic E-state index is 0.422. The van der Waals surface area contributed by atoms with Crippen LogP contribution in [0, 0.1) is 0 Å². The first-order valence-corrected chi connectivity index (χ1v) is 11.1. The van der Waals surface area contributed by atoms with Gasteiger partial charge in [0.1, 0.15) is 11.6 Å². The van der Waals surface area contributed by atoms with E-state index in [1.807, 2.05) is 19.1 Å².